The zero-order valence-electron chi connectivity index (χ0n) is 15.4. The minimum absolute atomic E-state index is 0.168. The van der Waals surface area contributed by atoms with Gasteiger partial charge >= 0.3 is 12.1 Å². The fourth-order valence-corrected chi connectivity index (χ4v) is 2.87. The summed E-state index contributed by atoms with van der Waals surface area (Å²) in [6.07, 6.45) is 1.26. The summed E-state index contributed by atoms with van der Waals surface area (Å²) in [5, 5.41) is 18.8. The van der Waals surface area contributed by atoms with Crippen LogP contribution in [0.4, 0.5) is 13.2 Å². The number of aromatic carboxylic acids is 1. The molecule has 0 radical (unpaired) electrons. The molecule has 0 aliphatic rings. The molecule has 0 unspecified atom stereocenters. The summed E-state index contributed by atoms with van der Waals surface area (Å²) in [5.41, 5.74) is -0.172. The number of aromatic hydroxyl groups is 1. The Morgan fingerprint density at radius 1 is 1.00 bits per heavy atom. The van der Waals surface area contributed by atoms with E-state index in [9.17, 15) is 27.9 Å². The third-order valence-electron chi connectivity index (χ3n) is 4.39. The van der Waals surface area contributed by atoms with Gasteiger partial charge in [-0.05, 0) is 28.8 Å². The van der Waals surface area contributed by atoms with E-state index >= 15 is 0 Å². The predicted octanol–water partition coefficient (Wildman–Crippen LogP) is 4.49. The van der Waals surface area contributed by atoms with Crippen LogP contribution >= 0.6 is 0 Å². The van der Waals surface area contributed by atoms with E-state index in [1.807, 2.05) is 0 Å². The number of hydrogen-bond donors (Lipinski definition) is 2. The van der Waals surface area contributed by atoms with Crippen LogP contribution in [0.3, 0.4) is 0 Å². The van der Waals surface area contributed by atoms with Crippen molar-refractivity contribution in [2.24, 2.45) is 0 Å². The van der Waals surface area contributed by atoms with Crippen molar-refractivity contribution in [1.82, 2.24) is 4.57 Å². The van der Waals surface area contributed by atoms with Crippen LogP contribution in [0.1, 0.15) is 32.6 Å². The van der Waals surface area contributed by atoms with Crippen LogP contribution in [0.2, 0.25) is 0 Å². The smallest absolute Gasteiger partial charge is 0.416 e. The molecule has 1 heterocycles. The minimum atomic E-state index is -4.40. The van der Waals surface area contributed by atoms with Gasteiger partial charge in [0.05, 0.1) is 11.8 Å². The van der Waals surface area contributed by atoms with Gasteiger partial charge in [0.25, 0.3) is 0 Å². The van der Waals surface area contributed by atoms with Crippen molar-refractivity contribution in [2.75, 3.05) is 0 Å². The average molecular weight is 415 g/mol. The first-order chi connectivity index (χ1) is 14.1. The van der Waals surface area contributed by atoms with Crippen molar-refractivity contribution in [3.05, 3.63) is 99.0 Å². The molecule has 2 N–H and O–H groups in total. The number of aromatic nitrogens is 1. The number of pyridine rings is 1. The van der Waals surface area contributed by atoms with Crippen molar-refractivity contribution < 1.29 is 28.2 Å². The number of carbonyl (C=O) groups is 1. The van der Waals surface area contributed by atoms with Crippen LogP contribution in [-0.4, -0.2) is 20.7 Å². The Kier molecular flexibility index (Phi) is 5.77. The molecular formula is C22H16F3NO4. The monoisotopic (exact) mass is 415 g/mol. The van der Waals surface area contributed by atoms with Gasteiger partial charge < -0.3 is 14.8 Å². The van der Waals surface area contributed by atoms with Crippen LogP contribution in [0.15, 0.2) is 65.7 Å². The molecule has 0 aliphatic carbocycles. The highest BCUT2D eigenvalue weighted by Crippen LogP contribution is 2.29. The van der Waals surface area contributed by atoms with Crippen LogP contribution in [0, 0.1) is 0 Å². The number of alkyl halides is 3. The molecule has 154 valence electrons. The third-order valence-corrected chi connectivity index (χ3v) is 4.39. The molecule has 3 rings (SSSR count). The van der Waals surface area contributed by atoms with E-state index in [-0.39, 0.29) is 6.54 Å². The van der Waals surface area contributed by atoms with Gasteiger partial charge in [-0.3, -0.25) is 4.79 Å². The van der Waals surface area contributed by atoms with Crippen LogP contribution in [0.5, 0.6) is 5.75 Å². The predicted molar refractivity (Wildman–Crippen MR) is 105 cm³/mol. The van der Waals surface area contributed by atoms with Gasteiger partial charge in [0.1, 0.15) is 5.56 Å². The van der Waals surface area contributed by atoms with E-state index < -0.39 is 34.5 Å². The summed E-state index contributed by atoms with van der Waals surface area (Å²) >= 11 is 0. The Morgan fingerprint density at radius 3 is 2.30 bits per heavy atom. The number of rotatable bonds is 5. The van der Waals surface area contributed by atoms with Crippen LogP contribution in [0.25, 0.3) is 12.2 Å². The molecule has 5 nitrogen and oxygen atoms in total. The van der Waals surface area contributed by atoms with Gasteiger partial charge in [-0.2, -0.15) is 13.2 Å². The lowest BCUT2D eigenvalue weighted by atomic mass is 10.0. The van der Waals surface area contributed by atoms with Crippen molar-refractivity contribution >= 4 is 18.1 Å². The van der Waals surface area contributed by atoms with Crippen molar-refractivity contribution in [1.29, 1.82) is 0 Å². The molecule has 0 saturated heterocycles. The van der Waals surface area contributed by atoms with Gasteiger partial charge in [0, 0.05) is 12.7 Å². The highest BCUT2D eigenvalue weighted by atomic mass is 19.4. The number of hydrogen-bond acceptors (Lipinski definition) is 3. The lowest BCUT2D eigenvalue weighted by Crippen LogP contribution is -2.17. The Hall–Kier alpha value is -3.81. The van der Waals surface area contributed by atoms with Crippen LogP contribution < -0.4 is 5.43 Å². The average Bonchev–Trinajstić information content (AvgIpc) is 2.69. The number of carboxylic acid groups (broad SMARTS) is 1. The number of nitrogens with zero attached hydrogens (tertiary/aromatic N) is 1. The Morgan fingerprint density at radius 2 is 1.67 bits per heavy atom. The lowest BCUT2D eigenvalue weighted by Gasteiger charge is -2.11. The molecule has 0 atom stereocenters. The topological polar surface area (TPSA) is 79.5 Å². The summed E-state index contributed by atoms with van der Waals surface area (Å²) in [7, 11) is 0. The van der Waals surface area contributed by atoms with E-state index in [1.54, 1.807) is 36.4 Å². The largest absolute Gasteiger partial charge is 0.503 e. The van der Waals surface area contributed by atoms with Crippen LogP contribution in [-0.2, 0) is 12.7 Å². The Labute approximate surface area is 169 Å². The fraction of sp³-hybridized carbons (Fsp3) is 0.0909. The maximum absolute atomic E-state index is 12.7. The highest BCUT2D eigenvalue weighted by molar-refractivity contribution is 5.87. The second-order valence-corrected chi connectivity index (χ2v) is 6.52. The summed E-state index contributed by atoms with van der Waals surface area (Å²) < 4.78 is 39.4. The van der Waals surface area contributed by atoms with Gasteiger partial charge in [-0.1, -0.05) is 48.6 Å². The van der Waals surface area contributed by atoms with Gasteiger partial charge in [0.15, 0.2) is 5.75 Å². The van der Waals surface area contributed by atoms with Gasteiger partial charge in [-0.25, -0.2) is 4.79 Å². The van der Waals surface area contributed by atoms with E-state index in [0.717, 1.165) is 35.7 Å². The molecule has 30 heavy (non-hydrogen) atoms. The summed E-state index contributed by atoms with van der Waals surface area (Å²) in [6, 6.07) is 11.8. The van der Waals surface area contributed by atoms with E-state index in [2.05, 4.69) is 0 Å². The molecule has 3 aromatic rings. The molecule has 8 heteroatoms. The summed E-state index contributed by atoms with van der Waals surface area (Å²) in [5.74, 6) is -2.12. The quantitative estimate of drug-likeness (QED) is 0.602. The standard InChI is InChI=1S/C22H16F3NO4/c23-22(24,25)17-9-6-14(7-10-17)5-8-15-3-1-2-4-16(15)11-26-12-18(21(29)30)20(28)19(27)13-26/h1-10,12-13,27H,11H2,(H,29,30)/b8-5+. The Bertz CT molecular complexity index is 1160. The number of benzene rings is 2. The van der Waals surface area contributed by atoms with Gasteiger partial charge in [0.2, 0.25) is 5.43 Å². The van der Waals surface area contributed by atoms with E-state index in [1.165, 1.54) is 16.7 Å². The van der Waals surface area contributed by atoms with E-state index in [0.29, 0.717) is 5.56 Å². The minimum Gasteiger partial charge on any atom is -0.503 e. The molecule has 2 aromatic carbocycles. The maximum Gasteiger partial charge on any atom is 0.416 e. The van der Waals surface area contributed by atoms with Crippen molar-refractivity contribution in [3.8, 4) is 5.75 Å². The molecule has 0 bridgehead atoms. The highest BCUT2D eigenvalue weighted by Gasteiger charge is 2.29. The summed E-state index contributed by atoms with van der Waals surface area (Å²) in [4.78, 5) is 22.9. The second-order valence-electron chi connectivity index (χ2n) is 6.52. The Balaban J connectivity index is 1.88. The third kappa shape index (κ3) is 4.78. The normalized spacial score (nSPS) is 11.7. The summed E-state index contributed by atoms with van der Waals surface area (Å²) in [6.45, 7) is 0.168. The molecule has 1 aromatic heterocycles. The lowest BCUT2D eigenvalue weighted by molar-refractivity contribution is -0.137. The first-order valence-corrected chi connectivity index (χ1v) is 8.75. The first-order valence-electron chi connectivity index (χ1n) is 8.75. The molecule has 0 fully saturated rings. The SMILES string of the molecule is O=C(O)c1cn(Cc2ccccc2/C=C/c2ccc(C(F)(F)F)cc2)cc(O)c1=O. The fourth-order valence-electron chi connectivity index (χ4n) is 2.87. The number of halogens is 3. The molecule has 0 amide bonds. The zero-order chi connectivity index (χ0) is 21.9. The van der Waals surface area contributed by atoms with E-state index in [4.69, 9.17) is 5.11 Å². The first kappa shape index (κ1) is 20.9. The van der Waals surface area contributed by atoms with Gasteiger partial charge in [-0.15, -0.1) is 0 Å². The molecule has 0 spiro atoms. The zero-order valence-corrected chi connectivity index (χ0v) is 15.4. The number of carboxylic acids is 1. The second kappa shape index (κ2) is 8.28. The van der Waals surface area contributed by atoms with Crippen molar-refractivity contribution in [3.63, 3.8) is 0 Å². The molecule has 0 aliphatic heterocycles. The molecule has 0 saturated carbocycles. The molecular weight excluding hydrogens is 399 g/mol. The van der Waals surface area contributed by atoms with Crippen molar-refractivity contribution in [2.45, 2.75) is 12.7 Å². The maximum atomic E-state index is 12.7.